The summed E-state index contributed by atoms with van der Waals surface area (Å²) in [5.74, 6) is 0.224. The van der Waals surface area contributed by atoms with Crippen LogP contribution in [0.3, 0.4) is 0 Å². The molecule has 0 aliphatic heterocycles. The number of benzene rings is 2. The molecular formula is C26H34O3. The number of rotatable bonds is 8. The minimum absolute atomic E-state index is 0.0989. The Morgan fingerprint density at radius 2 is 1.59 bits per heavy atom. The smallest absolute Gasteiger partial charge is 0.315 e. The van der Waals surface area contributed by atoms with Crippen molar-refractivity contribution in [3.63, 3.8) is 0 Å². The van der Waals surface area contributed by atoms with E-state index in [0.717, 1.165) is 24.8 Å². The van der Waals surface area contributed by atoms with Gasteiger partial charge in [0.15, 0.2) is 0 Å². The lowest BCUT2D eigenvalue weighted by molar-refractivity contribution is -0.166. The summed E-state index contributed by atoms with van der Waals surface area (Å²) in [4.78, 5) is 13.3. The van der Waals surface area contributed by atoms with Crippen LogP contribution < -0.4 is 0 Å². The van der Waals surface area contributed by atoms with Crippen LogP contribution in [-0.2, 0) is 27.3 Å². The standard InChI is InChI=1S/C26H34O3/c1-19(2)17-29-25(27)26(16-22-11-7-20(3)8-12-22)15-5-6-24(26)28-18-23-13-9-21(4)10-14-23/h7-14,19,24H,5-6,15-18H2,1-4H3. The van der Waals surface area contributed by atoms with Gasteiger partial charge in [0, 0.05) is 0 Å². The van der Waals surface area contributed by atoms with Gasteiger partial charge in [-0.25, -0.2) is 0 Å². The van der Waals surface area contributed by atoms with Gasteiger partial charge in [0.1, 0.15) is 0 Å². The number of carbonyl (C=O) groups is 1. The Hall–Kier alpha value is -2.13. The van der Waals surface area contributed by atoms with Gasteiger partial charge in [-0.1, -0.05) is 73.5 Å². The van der Waals surface area contributed by atoms with Crippen LogP contribution in [0.2, 0.25) is 0 Å². The SMILES string of the molecule is Cc1ccc(COC2CCCC2(Cc2ccc(C)cc2)C(=O)OCC(C)C)cc1. The lowest BCUT2D eigenvalue weighted by Gasteiger charge is -2.33. The zero-order valence-corrected chi connectivity index (χ0v) is 18.2. The lowest BCUT2D eigenvalue weighted by Crippen LogP contribution is -2.43. The highest BCUT2D eigenvalue weighted by Gasteiger charge is 2.51. The predicted octanol–water partition coefficient (Wildman–Crippen LogP) is 5.80. The molecule has 1 aliphatic carbocycles. The fraction of sp³-hybridized carbons (Fsp3) is 0.500. The van der Waals surface area contributed by atoms with E-state index in [1.807, 2.05) is 0 Å². The normalized spacial score (nSPS) is 21.5. The fourth-order valence-corrected chi connectivity index (χ4v) is 4.13. The minimum Gasteiger partial charge on any atom is -0.465 e. The van der Waals surface area contributed by atoms with E-state index >= 15 is 0 Å². The molecule has 2 atom stereocenters. The highest BCUT2D eigenvalue weighted by Crippen LogP contribution is 2.44. The number of hydrogen-bond acceptors (Lipinski definition) is 3. The molecule has 0 bridgehead atoms. The van der Waals surface area contributed by atoms with Crippen molar-refractivity contribution in [2.24, 2.45) is 11.3 Å². The van der Waals surface area contributed by atoms with Gasteiger partial charge < -0.3 is 9.47 Å². The number of carbonyl (C=O) groups excluding carboxylic acids is 1. The summed E-state index contributed by atoms with van der Waals surface area (Å²) in [6.45, 7) is 9.29. The van der Waals surface area contributed by atoms with E-state index in [-0.39, 0.29) is 12.1 Å². The molecule has 29 heavy (non-hydrogen) atoms. The van der Waals surface area contributed by atoms with Gasteiger partial charge in [-0.3, -0.25) is 4.79 Å². The highest BCUT2D eigenvalue weighted by atomic mass is 16.5. The van der Waals surface area contributed by atoms with Crippen LogP contribution in [0.1, 0.15) is 55.4 Å². The van der Waals surface area contributed by atoms with Gasteiger partial charge in [0.25, 0.3) is 0 Å². The van der Waals surface area contributed by atoms with Crippen molar-refractivity contribution in [1.29, 1.82) is 0 Å². The Labute approximate surface area is 175 Å². The molecule has 3 rings (SSSR count). The van der Waals surface area contributed by atoms with Crippen LogP contribution in [0.25, 0.3) is 0 Å². The topological polar surface area (TPSA) is 35.5 Å². The Bertz CT molecular complexity index is 792. The zero-order valence-electron chi connectivity index (χ0n) is 18.2. The first-order chi connectivity index (χ1) is 13.9. The Balaban J connectivity index is 1.80. The number of esters is 1. The van der Waals surface area contributed by atoms with Crippen molar-refractivity contribution in [2.75, 3.05) is 6.61 Å². The van der Waals surface area contributed by atoms with E-state index in [9.17, 15) is 4.79 Å². The van der Waals surface area contributed by atoms with Gasteiger partial charge in [-0.15, -0.1) is 0 Å². The summed E-state index contributed by atoms with van der Waals surface area (Å²) in [7, 11) is 0. The Kier molecular flexibility index (Phi) is 7.13. The Morgan fingerprint density at radius 1 is 1.00 bits per heavy atom. The second-order valence-electron chi connectivity index (χ2n) is 8.99. The number of ether oxygens (including phenoxy) is 2. The molecule has 1 aliphatic rings. The van der Waals surface area contributed by atoms with Crippen LogP contribution in [-0.4, -0.2) is 18.7 Å². The third-order valence-electron chi connectivity index (χ3n) is 5.87. The molecule has 3 nitrogen and oxygen atoms in total. The molecule has 3 heteroatoms. The summed E-state index contributed by atoms with van der Waals surface area (Å²) in [5.41, 5.74) is 4.17. The average molecular weight is 395 g/mol. The molecule has 0 saturated heterocycles. The van der Waals surface area contributed by atoms with E-state index in [2.05, 4.69) is 76.2 Å². The highest BCUT2D eigenvalue weighted by molar-refractivity contribution is 5.78. The summed E-state index contributed by atoms with van der Waals surface area (Å²) in [6, 6.07) is 16.9. The molecule has 1 saturated carbocycles. The van der Waals surface area contributed by atoms with Gasteiger partial charge >= 0.3 is 5.97 Å². The Morgan fingerprint density at radius 3 is 2.17 bits per heavy atom. The number of hydrogen-bond donors (Lipinski definition) is 0. The van der Waals surface area contributed by atoms with Crippen LogP contribution in [0.4, 0.5) is 0 Å². The molecule has 0 spiro atoms. The van der Waals surface area contributed by atoms with Crippen LogP contribution in [0.15, 0.2) is 48.5 Å². The third-order valence-corrected chi connectivity index (χ3v) is 5.87. The largest absolute Gasteiger partial charge is 0.465 e. The van der Waals surface area contributed by atoms with Crippen molar-refractivity contribution in [3.8, 4) is 0 Å². The summed E-state index contributed by atoms with van der Waals surface area (Å²) < 4.78 is 12.1. The predicted molar refractivity (Wildman–Crippen MR) is 117 cm³/mol. The first kappa shape index (κ1) is 21.6. The molecule has 2 aromatic carbocycles. The number of aryl methyl sites for hydroxylation is 2. The molecule has 0 amide bonds. The molecule has 156 valence electrons. The maximum atomic E-state index is 13.3. The first-order valence-corrected chi connectivity index (χ1v) is 10.8. The van der Waals surface area contributed by atoms with Gasteiger partial charge in [0.2, 0.25) is 0 Å². The van der Waals surface area contributed by atoms with Crippen LogP contribution >= 0.6 is 0 Å². The third kappa shape index (κ3) is 5.48. The molecule has 0 heterocycles. The molecule has 2 aromatic rings. The first-order valence-electron chi connectivity index (χ1n) is 10.8. The van der Waals surface area contributed by atoms with Crippen LogP contribution in [0.5, 0.6) is 0 Å². The summed E-state index contributed by atoms with van der Waals surface area (Å²) >= 11 is 0. The molecule has 2 unspecified atom stereocenters. The lowest BCUT2D eigenvalue weighted by atomic mass is 9.78. The van der Waals surface area contributed by atoms with E-state index in [0.29, 0.717) is 25.6 Å². The molecule has 1 fully saturated rings. The van der Waals surface area contributed by atoms with Gasteiger partial charge in [-0.2, -0.15) is 0 Å². The molecule has 0 N–H and O–H groups in total. The zero-order chi connectivity index (χ0) is 20.9. The van der Waals surface area contributed by atoms with E-state index in [1.165, 1.54) is 16.7 Å². The van der Waals surface area contributed by atoms with Crippen molar-refractivity contribution in [2.45, 2.75) is 66.1 Å². The molecule has 0 radical (unpaired) electrons. The van der Waals surface area contributed by atoms with Crippen molar-refractivity contribution in [3.05, 3.63) is 70.8 Å². The van der Waals surface area contributed by atoms with E-state index in [1.54, 1.807) is 0 Å². The maximum Gasteiger partial charge on any atom is 0.315 e. The maximum absolute atomic E-state index is 13.3. The minimum atomic E-state index is -0.602. The van der Waals surface area contributed by atoms with E-state index in [4.69, 9.17) is 9.47 Å². The quantitative estimate of drug-likeness (QED) is 0.531. The molecule has 0 aromatic heterocycles. The van der Waals surface area contributed by atoms with E-state index < -0.39 is 5.41 Å². The molecular weight excluding hydrogens is 360 g/mol. The van der Waals surface area contributed by atoms with Gasteiger partial charge in [0.05, 0.1) is 24.7 Å². The van der Waals surface area contributed by atoms with Gasteiger partial charge in [-0.05, 0) is 56.6 Å². The summed E-state index contributed by atoms with van der Waals surface area (Å²) in [6.07, 6.45) is 3.25. The second kappa shape index (κ2) is 9.58. The van der Waals surface area contributed by atoms with Crippen molar-refractivity contribution < 1.29 is 14.3 Å². The monoisotopic (exact) mass is 394 g/mol. The van der Waals surface area contributed by atoms with Crippen molar-refractivity contribution >= 4 is 5.97 Å². The van der Waals surface area contributed by atoms with Crippen molar-refractivity contribution in [1.82, 2.24) is 0 Å². The fourth-order valence-electron chi connectivity index (χ4n) is 4.13. The van der Waals surface area contributed by atoms with Crippen LogP contribution in [0, 0.1) is 25.2 Å². The second-order valence-corrected chi connectivity index (χ2v) is 8.99. The summed E-state index contributed by atoms with van der Waals surface area (Å²) in [5, 5.41) is 0. The average Bonchev–Trinajstić information content (AvgIpc) is 3.11.